The van der Waals surface area contributed by atoms with Crippen molar-refractivity contribution in [3.8, 4) is 0 Å². The Bertz CT molecular complexity index is 1590. The molecule has 2 aliphatic heterocycles. The third-order valence-electron chi connectivity index (χ3n) is 9.20. The van der Waals surface area contributed by atoms with E-state index in [0.29, 0.717) is 37.7 Å². The second-order valence-electron chi connectivity index (χ2n) is 12.0. The largest absolute Gasteiger partial charge is 0.481 e. The number of amides is 2. The van der Waals surface area contributed by atoms with Crippen molar-refractivity contribution in [2.45, 2.75) is 90.4 Å². The van der Waals surface area contributed by atoms with Crippen LogP contribution in [0, 0.1) is 19.8 Å². The van der Waals surface area contributed by atoms with E-state index in [1.54, 1.807) is 6.08 Å². The minimum Gasteiger partial charge on any atom is -0.481 e. The average molecular weight is 623 g/mol. The Hall–Kier alpha value is -3.99. The highest BCUT2D eigenvalue weighted by molar-refractivity contribution is 7.82. The number of carboxylic acids is 2. The maximum Gasteiger partial charge on any atom is 0.303 e. The van der Waals surface area contributed by atoms with Gasteiger partial charge in [0.05, 0.1) is 10.8 Å². The Morgan fingerprint density at radius 2 is 1.57 bits per heavy atom. The van der Waals surface area contributed by atoms with E-state index >= 15 is 0 Å². The molecule has 2 aromatic heterocycles. The lowest BCUT2D eigenvalue weighted by atomic mass is 9.90. The smallest absolute Gasteiger partial charge is 0.303 e. The van der Waals surface area contributed by atoms with Crippen LogP contribution >= 0.6 is 12.6 Å². The highest BCUT2D eigenvalue weighted by Crippen LogP contribution is 2.39. The summed E-state index contributed by atoms with van der Waals surface area (Å²) >= 11 is 4.63. The molecule has 1 saturated heterocycles. The molecule has 2 aliphatic rings. The topological polar surface area (TPSA) is 164 Å². The zero-order valence-electron chi connectivity index (χ0n) is 25.9. The Labute approximate surface area is 262 Å². The second kappa shape index (κ2) is 12.9. The number of aliphatic carboxylic acids is 2. The molecule has 3 atom stereocenters. The lowest BCUT2D eigenvalue weighted by Crippen LogP contribution is -2.32. The van der Waals surface area contributed by atoms with E-state index < -0.39 is 16.7 Å². The van der Waals surface area contributed by atoms with Crippen molar-refractivity contribution in [1.29, 1.82) is 0 Å². The number of hydrogen-bond acceptors (Lipinski definition) is 5. The first-order valence-electron chi connectivity index (χ1n) is 14.9. The van der Waals surface area contributed by atoms with E-state index in [1.807, 2.05) is 40.7 Å². The normalized spacial score (nSPS) is 22.5. The first-order chi connectivity index (χ1) is 20.7. The number of carboxylic acid groups (broad SMARTS) is 2. The fourth-order valence-electron chi connectivity index (χ4n) is 6.54. The van der Waals surface area contributed by atoms with Gasteiger partial charge in [0.1, 0.15) is 0 Å². The molecule has 4 rings (SSSR count). The van der Waals surface area contributed by atoms with E-state index in [1.165, 1.54) is 0 Å². The van der Waals surface area contributed by atoms with Gasteiger partial charge in [-0.3, -0.25) is 19.2 Å². The van der Waals surface area contributed by atoms with Crippen molar-refractivity contribution in [3.05, 3.63) is 74.5 Å². The van der Waals surface area contributed by atoms with Gasteiger partial charge in [0, 0.05) is 65.6 Å². The summed E-state index contributed by atoms with van der Waals surface area (Å²) in [5, 5.41) is 24.9. The van der Waals surface area contributed by atoms with Gasteiger partial charge in [-0.05, 0) is 80.9 Å². The van der Waals surface area contributed by atoms with Crippen LogP contribution in [0.2, 0.25) is 0 Å². The highest BCUT2D eigenvalue weighted by Gasteiger charge is 2.45. The number of carbonyl (C=O) groups excluding carboxylic acids is 2. The van der Waals surface area contributed by atoms with Gasteiger partial charge in [-0.1, -0.05) is 19.6 Å². The summed E-state index contributed by atoms with van der Waals surface area (Å²) in [7, 11) is 0. The Morgan fingerprint density at radius 3 is 2.11 bits per heavy atom. The minimum atomic E-state index is -0.905. The number of rotatable bonds is 13. The van der Waals surface area contributed by atoms with Gasteiger partial charge < -0.3 is 30.8 Å². The fraction of sp³-hybridized carbons (Fsp3) is 0.455. The summed E-state index contributed by atoms with van der Waals surface area (Å²) in [4.78, 5) is 55.2. The molecule has 2 aromatic rings. The van der Waals surface area contributed by atoms with Gasteiger partial charge in [-0.15, -0.1) is 0 Å². The number of carbonyl (C=O) groups is 4. The van der Waals surface area contributed by atoms with Gasteiger partial charge in [-0.25, -0.2) is 0 Å². The predicted molar refractivity (Wildman–Crippen MR) is 172 cm³/mol. The van der Waals surface area contributed by atoms with E-state index in [4.69, 9.17) is 0 Å². The monoisotopic (exact) mass is 622 g/mol. The van der Waals surface area contributed by atoms with E-state index in [0.717, 1.165) is 56.3 Å². The molecule has 0 saturated carbocycles. The summed E-state index contributed by atoms with van der Waals surface area (Å²) in [5.74, 6) is -2.24. The van der Waals surface area contributed by atoms with Crippen LogP contribution in [-0.2, 0) is 44.9 Å². The first-order valence-corrected chi connectivity index (χ1v) is 15.4. The number of hydrogen-bond donors (Lipinski definition) is 7. The Morgan fingerprint density at radius 1 is 0.977 bits per heavy atom. The molecule has 11 heteroatoms. The molecule has 6 N–H and O–H groups in total. The first kappa shape index (κ1) is 32.9. The Balaban J connectivity index is 1.75. The molecule has 0 aliphatic carbocycles. The van der Waals surface area contributed by atoms with Crippen molar-refractivity contribution in [3.63, 3.8) is 0 Å². The van der Waals surface area contributed by atoms with Gasteiger partial charge in [-0.2, -0.15) is 12.6 Å². The molecule has 2 amide bonds. The van der Waals surface area contributed by atoms with E-state index in [9.17, 15) is 29.4 Å². The molecular weight excluding hydrogens is 580 g/mol. The molecule has 10 nitrogen and oxygen atoms in total. The van der Waals surface area contributed by atoms with E-state index in [-0.39, 0.29) is 36.6 Å². The van der Waals surface area contributed by atoms with Crippen LogP contribution in [-0.4, -0.2) is 54.7 Å². The maximum absolute atomic E-state index is 12.6. The molecule has 0 spiro atoms. The molecule has 236 valence electrons. The van der Waals surface area contributed by atoms with Gasteiger partial charge in [0.15, 0.2) is 0 Å². The SMILES string of the molecule is C=CC1=C(C)[C@@H](Cc2[nH]c(Cc3[nH]c(/C=C4\NC(=O)[C@@](C)(S)[C@H]4CC)c(C)c3CCC(=O)O)c(CCC(=O)O)c2C)NC1=O. The standard InChI is InChI=1S/C33H42N4O6S/c1-7-19-16(3)25(36-31(19)42)13-23-17(4)20(9-11-29(38)39)26(34-23)15-27-21(10-12-30(40)41)18(5)24(35-27)14-28-22(8-2)33(6,44)32(43)37-28/h7,14,22,25,34-35,44H,1,8-13,15H2,2-6H3,(H,36,42)(H,37,43)(H,38,39)(H,40,41)/b28-14-/t22-,25+,33-/m0/s1. The van der Waals surface area contributed by atoms with Crippen LogP contribution in [0.5, 0.6) is 0 Å². The van der Waals surface area contributed by atoms with Crippen LogP contribution in [0.25, 0.3) is 6.08 Å². The molecule has 0 radical (unpaired) electrons. The highest BCUT2D eigenvalue weighted by atomic mass is 32.1. The summed E-state index contributed by atoms with van der Waals surface area (Å²) in [6.45, 7) is 13.4. The van der Waals surface area contributed by atoms with Crippen molar-refractivity contribution < 1.29 is 29.4 Å². The number of aromatic amines is 2. The third-order valence-corrected chi connectivity index (χ3v) is 9.71. The average Bonchev–Trinajstić information content (AvgIpc) is 3.57. The quantitative estimate of drug-likeness (QED) is 0.165. The van der Waals surface area contributed by atoms with Crippen LogP contribution in [0.4, 0.5) is 0 Å². The van der Waals surface area contributed by atoms with Crippen molar-refractivity contribution in [1.82, 2.24) is 20.6 Å². The van der Waals surface area contributed by atoms with Crippen molar-refractivity contribution >= 4 is 42.5 Å². The van der Waals surface area contributed by atoms with Crippen LogP contribution in [0.3, 0.4) is 0 Å². The molecule has 4 heterocycles. The van der Waals surface area contributed by atoms with Crippen LogP contribution < -0.4 is 10.6 Å². The second-order valence-corrected chi connectivity index (χ2v) is 12.9. The summed E-state index contributed by atoms with van der Waals surface area (Å²) < 4.78 is -0.841. The maximum atomic E-state index is 12.6. The summed E-state index contributed by atoms with van der Waals surface area (Å²) in [5.41, 5.74) is 9.20. The predicted octanol–water partition coefficient (Wildman–Crippen LogP) is 4.31. The molecule has 0 aromatic carbocycles. The van der Waals surface area contributed by atoms with Gasteiger partial charge in [0.2, 0.25) is 5.91 Å². The Kier molecular flexibility index (Phi) is 9.68. The van der Waals surface area contributed by atoms with Crippen molar-refractivity contribution in [2.75, 3.05) is 0 Å². The molecule has 1 fully saturated rings. The molecule has 0 unspecified atom stereocenters. The lowest BCUT2D eigenvalue weighted by molar-refractivity contribution is -0.138. The number of allylic oxidation sites excluding steroid dienone is 1. The van der Waals surface area contributed by atoms with E-state index in [2.05, 4.69) is 39.8 Å². The summed E-state index contributed by atoms with van der Waals surface area (Å²) in [6.07, 6.45) is 5.63. The molecule has 44 heavy (non-hydrogen) atoms. The zero-order chi connectivity index (χ0) is 32.5. The number of H-pyrrole nitrogens is 2. The molecular formula is C33H42N4O6S. The fourth-order valence-corrected chi connectivity index (χ4v) is 6.91. The zero-order valence-corrected chi connectivity index (χ0v) is 26.8. The van der Waals surface area contributed by atoms with Crippen molar-refractivity contribution in [2.24, 2.45) is 5.92 Å². The number of aromatic nitrogens is 2. The number of thiol groups is 1. The van der Waals surface area contributed by atoms with Crippen LogP contribution in [0.15, 0.2) is 29.5 Å². The number of nitrogens with one attached hydrogen (secondary N) is 4. The minimum absolute atomic E-state index is 0.0432. The lowest BCUT2D eigenvalue weighted by Gasteiger charge is -2.21. The third kappa shape index (κ3) is 6.43. The summed E-state index contributed by atoms with van der Waals surface area (Å²) in [6, 6.07) is -0.212. The van der Waals surface area contributed by atoms with Gasteiger partial charge in [0.25, 0.3) is 5.91 Å². The molecule has 0 bridgehead atoms. The van der Waals surface area contributed by atoms with Crippen LogP contribution in [0.1, 0.15) is 85.1 Å². The van der Waals surface area contributed by atoms with Gasteiger partial charge >= 0.3 is 11.9 Å².